The van der Waals surface area contributed by atoms with Gasteiger partial charge in [0, 0.05) is 30.7 Å². The maximum absolute atomic E-state index is 12.9. The monoisotopic (exact) mass is 406 g/mol. The molecule has 3 rings (SSSR count). The summed E-state index contributed by atoms with van der Waals surface area (Å²) in [4.78, 5) is 19.0. The number of benzene rings is 2. The number of rotatable bonds is 8. The fourth-order valence-corrected chi connectivity index (χ4v) is 3.69. The van der Waals surface area contributed by atoms with Crippen molar-refractivity contribution >= 4 is 23.4 Å². The molecule has 0 unspecified atom stereocenters. The van der Waals surface area contributed by atoms with Gasteiger partial charge in [-0.3, -0.25) is 9.36 Å². The standard InChI is InChI=1S/C22H22N4O2S/c1-17-7-9-18(10-8-17)25(13-4-11-23)21(27)16-29-22-24-12-14-26(22)19-5-3-6-20(15-19)28-2/h3,5-10,12,14-15H,4,13,16H2,1-2H3. The summed E-state index contributed by atoms with van der Waals surface area (Å²) in [6.45, 7) is 2.36. The first-order valence-electron chi connectivity index (χ1n) is 9.17. The van der Waals surface area contributed by atoms with E-state index < -0.39 is 0 Å². The minimum absolute atomic E-state index is 0.0608. The first-order chi connectivity index (χ1) is 14.1. The number of nitriles is 1. The van der Waals surface area contributed by atoms with Gasteiger partial charge in [0.05, 0.1) is 31.0 Å². The summed E-state index contributed by atoms with van der Waals surface area (Å²) < 4.78 is 7.21. The lowest BCUT2D eigenvalue weighted by molar-refractivity contribution is -0.116. The van der Waals surface area contributed by atoms with E-state index in [2.05, 4.69) is 11.1 Å². The fraction of sp³-hybridized carbons (Fsp3) is 0.227. The second-order valence-corrected chi connectivity index (χ2v) is 7.30. The number of hydrogen-bond acceptors (Lipinski definition) is 5. The summed E-state index contributed by atoms with van der Waals surface area (Å²) in [5.41, 5.74) is 2.83. The number of methoxy groups -OCH3 is 1. The zero-order chi connectivity index (χ0) is 20.6. The number of nitrogens with zero attached hydrogens (tertiary/aromatic N) is 4. The molecule has 1 heterocycles. The van der Waals surface area contributed by atoms with E-state index in [0.717, 1.165) is 27.8 Å². The van der Waals surface area contributed by atoms with Crippen molar-refractivity contribution in [1.29, 1.82) is 5.26 Å². The van der Waals surface area contributed by atoms with Crippen LogP contribution in [0.4, 0.5) is 5.69 Å². The summed E-state index contributed by atoms with van der Waals surface area (Å²) >= 11 is 1.37. The molecule has 0 aliphatic rings. The highest BCUT2D eigenvalue weighted by atomic mass is 32.2. The van der Waals surface area contributed by atoms with Gasteiger partial charge < -0.3 is 9.64 Å². The molecule has 0 atom stereocenters. The second-order valence-electron chi connectivity index (χ2n) is 6.36. The van der Waals surface area contributed by atoms with Crippen LogP contribution >= 0.6 is 11.8 Å². The van der Waals surface area contributed by atoms with Gasteiger partial charge in [0.1, 0.15) is 5.75 Å². The van der Waals surface area contributed by atoms with Crippen LogP contribution in [-0.4, -0.2) is 34.9 Å². The van der Waals surface area contributed by atoms with Crippen molar-refractivity contribution in [2.24, 2.45) is 0 Å². The Morgan fingerprint density at radius 1 is 1.28 bits per heavy atom. The molecular formula is C22H22N4O2S. The molecule has 0 N–H and O–H groups in total. The highest BCUT2D eigenvalue weighted by molar-refractivity contribution is 7.99. The number of ether oxygens (including phenoxy) is 1. The van der Waals surface area contributed by atoms with Crippen molar-refractivity contribution in [3.63, 3.8) is 0 Å². The van der Waals surface area contributed by atoms with E-state index in [0.29, 0.717) is 6.54 Å². The molecule has 148 valence electrons. The lowest BCUT2D eigenvalue weighted by Crippen LogP contribution is -2.33. The predicted molar refractivity (Wildman–Crippen MR) is 115 cm³/mol. The summed E-state index contributed by atoms with van der Waals surface area (Å²) in [5, 5.41) is 9.67. The Hall–Kier alpha value is -3.24. The minimum atomic E-state index is -0.0608. The average molecular weight is 407 g/mol. The first-order valence-corrected chi connectivity index (χ1v) is 10.2. The van der Waals surface area contributed by atoms with Gasteiger partial charge in [-0.1, -0.05) is 35.5 Å². The Labute approximate surface area is 174 Å². The van der Waals surface area contributed by atoms with Crippen molar-refractivity contribution in [2.75, 3.05) is 24.3 Å². The number of carbonyl (C=O) groups is 1. The normalized spacial score (nSPS) is 10.4. The van der Waals surface area contributed by atoms with Gasteiger partial charge in [-0.05, 0) is 31.2 Å². The van der Waals surface area contributed by atoms with Crippen LogP contribution in [0, 0.1) is 18.3 Å². The first kappa shape index (κ1) is 20.5. The summed E-state index contributed by atoms with van der Waals surface area (Å²) in [6, 6.07) is 17.5. The fourth-order valence-electron chi connectivity index (χ4n) is 2.84. The molecular weight excluding hydrogens is 384 g/mol. The van der Waals surface area contributed by atoms with Gasteiger partial charge in [-0.2, -0.15) is 5.26 Å². The Bertz CT molecular complexity index is 1010. The Morgan fingerprint density at radius 3 is 2.79 bits per heavy atom. The van der Waals surface area contributed by atoms with Crippen LogP contribution < -0.4 is 9.64 Å². The molecule has 0 saturated heterocycles. The van der Waals surface area contributed by atoms with E-state index in [-0.39, 0.29) is 18.1 Å². The van der Waals surface area contributed by atoms with Crippen molar-refractivity contribution in [2.45, 2.75) is 18.5 Å². The number of amides is 1. The van der Waals surface area contributed by atoms with E-state index in [9.17, 15) is 4.79 Å². The molecule has 1 aromatic heterocycles. The highest BCUT2D eigenvalue weighted by Crippen LogP contribution is 2.24. The number of thioether (sulfide) groups is 1. The number of anilines is 1. The van der Waals surface area contributed by atoms with Gasteiger partial charge in [0.15, 0.2) is 5.16 Å². The van der Waals surface area contributed by atoms with E-state index in [1.165, 1.54) is 11.8 Å². The zero-order valence-corrected chi connectivity index (χ0v) is 17.2. The molecule has 3 aromatic rings. The van der Waals surface area contributed by atoms with E-state index in [1.54, 1.807) is 18.2 Å². The molecule has 6 nitrogen and oxygen atoms in total. The van der Waals surface area contributed by atoms with Gasteiger partial charge in [0.2, 0.25) is 5.91 Å². The third-order valence-corrected chi connectivity index (χ3v) is 5.31. The number of carbonyl (C=O) groups excluding carboxylic acids is 1. The van der Waals surface area contributed by atoms with Gasteiger partial charge >= 0.3 is 0 Å². The summed E-state index contributed by atoms with van der Waals surface area (Å²) in [5.74, 6) is 0.917. The smallest absolute Gasteiger partial charge is 0.237 e. The van der Waals surface area contributed by atoms with Crippen LogP contribution in [0.1, 0.15) is 12.0 Å². The van der Waals surface area contributed by atoms with E-state index in [1.807, 2.05) is 66.2 Å². The second kappa shape index (κ2) is 9.80. The van der Waals surface area contributed by atoms with Crippen LogP contribution in [0.15, 0.2) is 66.1 Å². The lowest BCUT2D eigenvalue weighted by Gasteiger charge is -2.22. The van der Waals surface area contributed by atoms with E-state index in [4.69, 9.17) is 10.00 Å². The summed E-state index contributed by atoms with van der Waals surface area (Å²) in [7, 11) is 1.63. The molecule has 0 spiro atoms. The molecule has 29 heavy (non-hydrogen) atoms. The number of imidazole rings is 1. The highest BCUT2D eigenvalue weighted by Gasteiger charge is 2.17. The van der Waals surface area contributed by atoms with Crippen molar-refractivity contribution in [1.82, 2.24) is 9.55 Å². The molecule has 0 aliphatic carbocycles. The molecule has 0 radical (unpaired) electrons. The molecule has 0 bridgehead atoms. The number of hydrogen-bond donors (Lipinski definition) is 0. The minimum Gasteiger partial charge on any atom is -0.497 e. The number of aryl methyl sites for hydroxylation is 1. The van der Waals surface area contributed by atoms with Gasteiger partial charge in [0.25, 0.3) is 0 Å². The molecule has 7 heteroatoms. The summed E-state index contributed by atoms with van der Waals surface area (Å²) in [6.07, 6.45) is 3.84. The van der Waals surface area contributed by atoms with Gasteiger partial charge in [-0.25, -0.2) is 4.98 Å². The quantitative estimate of drug-likeness (QED) is 0.524. The largest absolute Gasteiger partial charge is 0.497 e. The molecule has 0 aliphatic heterocycles. The topological polar surface area (TPSA) is 71.2 Å². The third-order valence-electron chi connectivity index (χ3n) is 4.36. The Kier molecular flexibility index (Phi) is 6.93. The van der Waals surface area contributed by atoms with Crippen LogP contribution in [0.3, 0.4) is 0 Å². The predicted octanol–water partition coefficient (Wildman–Crippen LogP) is 4.23. The Morgan fingerprint density at radius 2 is 2.07 bits per heavy atom. The molecule has 2 aromatic carbocycles. The van der Waals surface area contributed by atoms with Crippen LogP contribution in [-0.2, 0) is 4.79 Å². The van der Waals surface area contributed by atoms with Crippen LogP contribution in [0.5, 0.6) is 5.75 Å². The Balaban J connectivity index is 1.74. The van der Waals surface area contributed by atoms with Gasteiger partial charge in [-0.15, -0.1) is 0 Å². The van der Waals surface area contributed by atoms with E-state index >= 15 is 0 Å². The number of aromatic nitrogens is 2. The maximum Gasteiger partial charge on any atom is 0.237 e. The van der Waals surface area contributed by atoms with Crippen molar-refractivity contribution in [3.8, 4) is 17.5 Å². The molecule has 1 amide bonds. The van der Waals surface area contributed by atoms with Crippen molar-refractivity contribution in [3.05, 3.63) is 66.5 Å². The molecule has 0 fully saturated rings. The molecule has 0 saturated carbocycles. The zero-order valence-electron chi connectivity index (χ0n) is 16.4. The third kappa shape index (κ3) is 5.18. The SMILES string of the molecule is COc1cccc(-n2ccnc2SCC(=O)N(CCC#N)c2ccc(C)cc2)c1. The lowest BCUT2D eigenvalue weighted by atomic mass is 10.2. The van der Waals surface area contributed by atoms with Crippen molar-refractivity contribution < 1.29 is 9.53 Å². The average Bonchev–Trinajstić information content (AvgIpc) is 3.22. The maximum atomic E-state index is 12.9. The van der Waals surface area contributed by atoms with Crippen LogP contribution in [0.25, 0.3) is 5.69 Å². The van der Waals surface area contributed by atoms with Crippen LogP contribution in [0.2, 0.25) is 0 Å².